The third-order valence-corrected chi connectivity index (χ3v) is 5.44. The Morgan fingerprint density at radius 1 is 1.35 bits per heavy atom. The lowest BCUT2D eigenvalue weighted by molar-refractivity contribution is -0.123. The Labute approximate surface area is 153 Å². The highest BCUT2D eigenvalue weighted by Crippen LogP contribution is 2.43. The van der Waals surface area contributed by atoms with Gasteiger partial charge in [-0.25, -0.2) is 4.98 Å². The summed E-state index contributed by atoms with van der Waals surface area (Å²) in [6.07, 6.45) is 6.63. The van der Waals surface area contributed by atoms with Crippen LogP contribution in [-0.2, 0) is 16.1 Å². The van der Waals surface area contributed by atoms with Crippen molar-refractivity contribution in [3.63, 3.8) is 0 Å². The Morgan fingerprint density at radius 2 is 2.15 bits per heavy atom. The molecule has 0 bridgehead atoms. The summed E-state index contributed by atoms with van der Waals surface area (Å²) in [5, 5.41) is 3.24. The second-order valence-electron chi connectivity index (χ2n) is 7.18. The van der Waals surface area contributed by atoms with E-state index in [0.29, 0.717) is 26.2 Å². The van der Waals surface area contributed by atoms with Crippen LogP contribution in [0.4, 0.5) is 0 Å². The third-order valence-electron chi connectivity index (χ3n) is 5.44. The normalized spacial score (nSPS) is 21.0. The molecule has 1 fully saturated rings. The average molecular weight is 355 g/mol. The van der Waals surface area contributed by atoms with Gasteiger partial charge in [-0.2, -0.15) is 0 Å². The Balaban J connectivity index is 1.47. The lowest BCUT2D eigenvalue weighted by Crippen LogP contribution is -2.48. The Bertz CT molecular complexity index is 780. The van der Waals surface area contributed by atoms with Crippen LogP contribution in [-0.4, -0.2) is 34.3 Å². The maximum atomic E-state index is 12.6. The van der Waals surface area contributed by atoms with E-state index in [0.717, 1.165) is 36.4 Å². The zero-order valence-electron chi connectivity index (χ0n) is 15.1. The zero-order chi connectivity index (χ0) is 18.0. The standard InChI is InChI=1S/C20H25N3O3/c1-15-21-9-11-23(15)10-6-19(24)22-17-14-20(7-12-25-13-8-20)26-18-5-3-2-4-16(17)18/h2-5,9,11,17H,6-8,10,12-14H2,1H3,(H,22,24). The lowest BCUT2D eigenvalue weighted by atomic mass is 9.82. The van der Waals surface area contributed by atoms with E-state index in [1.807, 2.05) is 42.0 Å². The fraction of sp³-hybridized carbons (Fsp3) is 0.500. The van der Waals surface area contributed by atoms with Gasteiger partial charge in [0.1, 0.15) is 17.2 Å². The molecular formula is C20H25N3O3. The number of rotatable bonds is 4. The predicted molar refractivity (Wildman–Crippen MR) is 96.9 cm³/mol. The summed E-state index contributed by atoms with van der Waals surface area (Å²) < 4.78 is 13.9. The van der Waals surface area contributed by atoms with Crippen LogP contribution in [0.1, 0.15) is 43.1 Å². The van der Waals surface area contributed by atoms with E-state index in [1.165, 1.54) is 0 Å². The number of amides is 1. The Hall–Kier alpha value is -2.34. The number of aryl methyl sites for hydroxylation is 2. The molecule has 0 radical (unpaired) electrons. The van der Waals surface area contributed by atoms with Crippen molar-refractivity contribution in [2.24, 2.45) is 0 Å². The molecule has 1 unspecified atom stereocenters. The van der Waals surface area contributed by atoms with Crippen LogP contribution >= 0.6 is 0 Å². The summed E-state index contributed by atoms with van der Waals surface area (Å²) in [6.45, 7) is 4.01. The fourth-order valence-corrected chi connectivity index (χ4v) is 3.93. The van der Waals surface area contributed by atoms with Crippen LogP contribution in [0, 0.1) is 6.92 Å². The minimum absolute atomic E-state index is 0.0190. The van der Waals surface area contributed by atoms with Crippen LogP contribution in [0.5, 0.6) is 5.75 Å². The van der Waals surface area contributed by atoms with Gasteiger partial charge >= 0.3 is 0 Å². The minimum Gasteiger partial charge on any atom is -0.487 e. The number of para-hydroxylation sites is 1. The van der Waals surface area contributed by atoms with Crippen molar-refractivity contribution >= 4 is 5.91 Å². The molecule has 1 spiro atoms. The number of carbonyl (C=O) groups excluding carboxylic acids is 1. The van der Waals surface area contributed by atoms with E-state index >= 15 is 0 Å². The molecule has 26 heavy (non-hydrogen) atoms. The molecule has 1 atom stereocenters. The number of nitrogens with zero attached hydrogens (tertiary/aromatic N) is 2. The van der Waals surface area contributed by atoms with Gasteiger partial charge in [0.2, 0.25) is 5.91 Å². The molecule has 0 aliphatic carbocycles. The number of benzene rings is 1. The predicted octanol–water partition coefficient (Wildman–Crippen LogP) is 2.77. The molecule has 4 rings (SSSR count). The van der Waals surface area contributed by atoms with Crippen LogP contribution < -0.4 is 10.1 Å². The third kappa shape index (κ3) is 3.46. The molecule has 2 aliphatic heterocycles. The second-order valence-corrected chi connectivity index (χ2v) is 7.18. The summed E-state index contributed by atoms with van der Waals surface area (Å²) in [7, 11) is 0. The molecule has 1 N–H and O–H groups in total. The molecule has 3 heterocycles. The molecule has 2 aliphatic rings. The maximum Gasteiger partial charge on any atom is 0.222 e. The van der Waals surface area contributed by atoms with Crippen molar-refractivity contribution in [2.45, 2.75) is 50.8 Å². The van der Waals surface area contributed by atoms with Crippen molar-refractivity contribution in [1.82, 2.24) is 14.9 Å². The number of fused-ring (bicyclic) bond motifs is 1. The maximum absolute atomic E-state index is 12.6. The summed E-state index contributed by atoms with van der Waals surface area (Å²) in [4.78, 5) is 16.8. The summed E-state index contributed by atoms with van der Waals surface area (Å²) in [5.74, 6) is 1.87. The number of ether oxygens (including phenoxy) is 2. The van der Waals surface area contributed by atoms with Gasteiger partial charge in [0.05, 0.1) is 19.3 Å². The van der Waals surface area contributed by atoms with Gasteiger partial charge in [-0.15, -0.1) is 0 Å². The first-order valence-corrected chi connectivity index (χ1v) is 9.28. The van der Waals surface area contributed by atoms with E-state index in [9.17, 15) is 4.79 Å². The molecule has 6 nitrogen and oxygen atoms in total. The Kier molecular flexibility index (Phi) is 4.68. The van der Waals surface area contributed by atoms with Crippen molar-refractivity contribution < 1.29 is 14.3 Å². The number of imidazole rings is 1. The topological polar surface area (TPSA) is 65.4 Å². The van der Waals surface area contributed by atoms with Gasteiger partial charge in [-0.3, -0.25) is 4.79 Å². The smallest absolute Gasteiger partial charge is 0.222 e. The van der Waals surface area contributed by atoms with Crippen molar-refractivity contribution in [2.75, 3.05) is 13.2 Å². The van der Waals surface area contributed by atoms with E-state index in [4.69, 9.17) is 9.47 Å². The van der Waals surface area contributed by atoms with E-state index in [2.05, 4.69) is 10.3 Å². The molecule has 1 aromatic heterocycles. The number of aromatic nitrogens is 2. The molecule has 1 amide bonds. The fourth-order valence-electron chi connectivity index (χ4n) is 3.93. The summed E-state index contributed by atoms with van der Waals surface area (Å²) >= 11 is 0. The number of hydrogen-bond donors (Lipinski definition) is 1. The van der Waals surface area contributed by atoms with E-state index in [-0.39, 0.29) is 17.6 Å². The molecule has 1 aromatic carbocycles. The number of carbonyl (C=O) groups is 1. The van der Waals surface area contributed by atoms with Crippen LogP contribution in [0.3, 0.4) is 0 Å². The molecule has 1 saturated heterocycles. The second kappa shape index (κ2) is 7.11. The molecular weight excluding hydrogens is 330 g/mol. The number of hydrogen-bond acceptors (Lipinski definition) is 4. The lowest BCUT2D eigenvalue weighted by Gasteiger charge is -2.44. The van der Waals surface area contributed by atoms with Gasteiger partial charge in [0.25, 0.3) is 0 Å². The van der Waals surface area contributed by atoms with Crippen LogP contribution in [0.15, 0.2) is 36.7 Å². The monoisotopic (exact) mass is 355 g/mol. The average Bonchev–Trinajstić information content (AvgIpc) is 3.05. The van der Waals surface area contributed by atoms with Gasteiger partial charge in [0, 0.05) is 50.2 Å². The van der Waals surface area contributed by atoms with Gasteiger partial charge in [-0.05, 0) is 13.0 Å². The minimum atomic E-state index is -0.231. The first kappa shape index (κ1) is 17.1. The highest BCUT2D eigenvalue weighted by molar-refractivity contribution is 5.76. The quantitative estimate of drug-likeness (QED) is 0.916. The van der Waals surface area contributed by atoms with E-state index < -0.39 is 0 Å². The first-order chi connectivity index (χ1) is 12.7. The molecule has 6 heteroatoms. The van der Waals surface area contributed by atoms with Gasteiger partial charge in [0.15, 0.2) is 0 Å². The molecule has 138 valence electrons. The largest absolute Gasteiger partial charge is 0.487 e. The highest BCUT2D eigenvalue weighted by Gasteiger charge is 2.42. The van der Waals surface area contributed by atoms with Crippen molar-refractivity contribution in [1.29, 1.82) is 0 Å². The van der Waals surface area contributed by atoms with Gasteiger partial charge < -0.3 is 19.4 Å². The van der Waals surface area contributed by atoms with Crippen molar-refractivity contribution in [3.8, 4) is 5.75 Å². The van der Waals surface area contributed by atoms with Gasteiger partial charge in [-0.1, -0.05) is 18.2 Å². The van der Waals surface area contributed by atoms with Crippen molar-refractivity contribution in [3.05, 3.63) is 48.0 Å². The molecule has 0 saturated carbocycles. The highest BCUT2D eigenvalue weighted by atomic mass is 16.5. The zero-order valence-corrected chi connectivity index (χ0v) is 15.1. The van der Waals surface area contributed by atoms with Crippen LogP contribution in [0.2, 0.25) is 0 Å². The van der Waals surface area contributed by atoms with Crippen LogP contribution in [0.25, 0.3) is 0 Å². The Morgan fingerprint density at radius 3 is 2.92 bits per heavy atom. The summed E-state index contributed by atoms with van der Waals surface area (Å²) in [5.41, 5.74) is 0.836. The SMILES string of the molecule is Cc1nccn1CCC(=O)NC1CC2(CCOCC2)Oc2ccccc21. The first-order valence-electron chi connectivity index (χ1n) is 9.28. The molecule has 2 aromatic rings. The van der Waals surface area contributed by atoms with E-state index in [1.54, 1.807) is 6.20 Å². The number of nitrogens with one attached hydrogen (secondary N) is 1. The summed E-state index contributed by atoms with van der Waals surface area (Å²) in [6, 6.07) is 8.01.